The Kier molecular flexibility index (Phi) is 3.99. The van der Waals surface area contributed by atoms with E-state index in [0.717, 1.165) is 25.0 Å². The van der Waals surface area contributed by atoms with Gasteiger partial charge >= 0.3 is 0 Å². The molecule has 19 heavy (non-hydrogen) atoms. The van der Waals surface area contributed by atoms with E-state index in [1.54, 1.807) is 18.3 Å². The molecule has 2 rings (SSSR count). The molecular weight excluding hydrogens is 244 g/mol. The molecule has 0 bridgehead atoms. The lowest BCUT2D eigenvalue weighted by molar-refractivity contribution is 0.0933. The van der Waals surface area contributed by atoms with Crippen LogP contribution in [-0.2, 0) is 0 Å². The Morgan fingerprint density at radius 1 is 1.53 bits per heavy atom. The third-order valence-corrected chi connectivity index (χ3v) is 3.50. The molecule has 1 amide bonds. The minimum absolute atomic E-state index is 0.0790. The van der Waals surface area contributed by atoms with Gasteiger partial charge in [0.25, 0.3) is 5.91 Å². The summed E-state index contributed by atoms with van der Waals surface area (Å²) in [5, 5.41) is 14.7. The van der Waals surface area contributed by atoms with Crippen LogP contribution in [0.5, 0.6) is 0 Å². The van der Waals surface area contributed by atoms with Gasteiger partial charge in [0, 0.05) is 23.9 Å². The van der Waals surface area contributed by atoms with E-state index in [1.807, 2.05) is 6.92 Å². The maximum Gasteiger partial charge on any atom is 0.253 e. The number of oxime groups is 1. The van der Waals surface area contributed by atoms with Crippen molar-refractivity contribution in [3.05, 3.63) is 29.6 Å². The normalized spacial score (nSPS) is 23.3. The van der Waals surface area contributed by atoms with Gasteiger partial charge in [0.05, 0.1) is 5.56 Å². The van der Waals surface area contributed by atoms with Gasteiger partial charge in [0.2, 0.25) is 0 Å². The molecule has 6 nitrogen and oxygen atoms in total. The van der Waals surface area contributed by atoms with Crippen molar-refractivity contribution in [2.45, 2.75) is 32.2 Å². The number of amidine groups is 1. The van der Waals surface area contributed by atoms with Crippen LogP contribution in [0.1, 0.15) is 35.3 Å². The maximum absolute atomic E-state index is 12.1. The van der Waals surface area contributed by atoms with Gasteiger partial charge in [-0.25, -0.2) is 0 Å². The number of aryl methyl sites for hydroxylation is 1. The van der Waals surface area contributed by atoms with Crippen LogP contribution < -0.4 is 11.1 Å². The Hall–Kier alpha value is -2.11. The van der Waals surface area contributed by atoms with E-state index in [4.69, 9.17) is 10.9 Å². The van der Waals surface area contributed by atoms with Crippen molar-refractivity contribution in [1.29, 1.82) is 0 Å². The quantitative estimate of drug-likeness (QED) is 0.328. The second-order valence-electron chi connectivity index (χ2n) is 4.83. The first-order chi connectivity index (χ1) is 9.11. The molecule has 1 aliphatic carbocycles. The fourth-order valence-corrected chi connectivity index (χ4v) is 2.41. The summed E-state index contributed by atoms with van der Waals surface area (Å²) in [4.78, 5) is 16.2. The minimum Gasteiger partial charge on any atom is -0.409 e. The standard InChI is InChI=1S/C13H18N4O2/c1-8-5-6-9(7-15-8)13(18)16-11-4-2-3-10(11)12(14)17-19/h5-7,10-11,19H,2-4H2,1H3,(H2,14,17)(H,16,18). The summed E-state index contributed by atoms with van der Waals surface area (Å²) in [6.45, 7) is 1.87. The first-order valence-corrected chi connectivity index (χ1v) is 6.32. The largest absolute Gasteiger partial charge is 0.409 e. The Balaban J connectivity index is 2.04. The van der Waals surface area contributed by atoms with Crippen molar-refractivity contribution < 1.29 is 10.0 Å². The Bertz CT molecular complexity index is 484. The molecule has 0 saturated heterocycles. The molecule has 4 N–H and O–H groups in total. The van der Waals surface area contributed by atoms with Crippen molar-refractivity contribution in [1.82, 2.24) is 10.3 Å². The monoisotopic (exact) mass is 262 g/mol. The number of nitrogens with zero attached hydrogens (tertiary/aromatic N) is 2. The molecule has 1 saturated carbocycles. The molecule has 0 radical (unpaired) electrons. The van der Waals surface area contributed by atoms with E-state index in [0.29, 0.717) is 5.56 Å². The number of aromatic nitrogens is 1. The number of amides is 1. The van der Waals surface area contributed by atoms with Gasteiger partial charge in [-0.3, -0.25) is 9.78 Å². The zero-order valence-electron chi connectivity index (χ0n) is 10.8. The van der Waals surface area contributed by atoms with Crippen molar-refractivity contribution in [3.8, 4) is 0 Å². The number of hydrogen-bond acceptors (Lipinski definition) is 4. The van der Waals surface area contributed by atoms with Gasteiger partial charge in [-0.15, -0.1) is 0 Å². The lowest BCUT2D eigenvalue weighted by Gasteiger charge is -2.19. The summed E-state index contributed by atoms with van der Waals surface area (Å²) < 4.78 is 0. The summed E-state index contributed by atoms with van der Waals surface area (Å²) in [5.41, 5.74) is 7.03. The summed E-state index contributed by atoms with van der Waals surface area (Å²) in [7, 11) is 0. The molecule has 2 atom stereocenters. The highest BCUT2D eigenvalue weighted by atomic mass is 16.4. The van der Waals surface area contributed by atoms with Crippen LogP contribution in [0.15, 0.2) is 23.5 Å². The second-order valence-corrected chi connectivity index (χ2v) is 4.83. The maximum atomic E-state index is 12.1. The number of nitrogens with one attached hydrogen (secondary N) is 1. The van der Waals surface area contributed by atoms with Gasteiger partial charge in [-0.05, 0) is 31.9 Å². The summed E-state index contributed by atoms with van der Waals surface area (Å²) in [6.07, 6.45) is 4.18. The fourth-order valence-electron chi connectivity index (χ4n) is 2.41. The Morgan fingerprint density at radius 3 is 2.95 bits per heavy atom. The summed E-state index contributed by atoms with van der Waals surface area (Å²) >= 11 is 0. The van der Waals surface area contributed by atoms with E-state index in [2.05, 4.69) is 15.5 Å². The highest BCUT2D eigenvalue weighted by Crippen LogP contribution is 2.26. The predicted molar refractivity (Wildman–Crippen MR) is 71.0 cm³/mol. The van der Waals surface area contributed by atoms with Crippen molar-refractivity contribution in [2.24, 2.45) is 16.8 Å². The minimum atomic E-state index is -0.171. The third-order valence-electron chi connectivity index (χ3n) is 3.50. The van der Waals surface area contributed by atoms with Crippen LogP contribution >= 0.6 is 0 Å². The lowest BCUT2D eigenvalue weighted by atomic mass is 10.0. The lowest BCUT2D eigenvalue weighted by Crippen LogP contribution is -2.42. The number of nitrogens with two attached hydrogens (primary N) is 1. The van der Waals surface area contributed by atoms with Crippen LogP contribution in [0.3, 0.4) is 0 Å². The van der Waals surface area contributed by atoms with Crippen LogP contribution in [0.2, 0.25) is 0 Å². The van der Waals surface area contributed by atoms with Gasteiger partial charge in [-0.2, -0.15) is 0 Å². The molecule has 0 aromatic carbocycles. The summed E-state index contributed by atoms with van der Waals surface area (Å²) in [6, 6.07) is 3.46. The van der Waals surface area contributed by atoms with Crippen LogP contribution in [0, 0.1) is 12.8 Å². The average Bonchev–Trinajstić information content (AvgIpc) is 2.86. The van der Waals surface area contributed by atoms with E-state index in [-0.39, 0.29) is 23.7 Å². The molecule has 0 spiro atoms. The first-order valence-electron chi connectivity index (χ1n) is 6.32. The molecule has 2 unspecified atom stereocenters. The van der Waals surface area contributed by atoms with E-state index in [9.17, 15) is 4.79 Å². The van der Waals surface area contributed by atoms with Crippen molar-refractivity contribution in [3.63, 3.8) is 0 Å². The predicted octanol–water partition coefficient (Wildman–Crippen LogP) is 1.03. The number of carbonyl (C=O) groups excluding carboxylic acids is 1. The smallest absolute Gasteiger partial charge is 0.253 e. The molecule has 1 aliphatic rings. The highest BCUT2D eigenvalue weighted by molar-refractivity contribution is 5.94. The first kappa shape index (κ1) is 13.3. The third kappa shape index (κ3) is 3.01. The van der Waals surface area contributed by atoms with E-state index in [1.165, 1.54) is 0 Å². The van der Waals surface area contributed by atoms with Crippen LogP contribution in [0.4, 0.5) is 0 Å². The van der Waals surface area contributed by atoms with Crippen LogP contribution in [0.25, 0.3) is 0 Å². The van der Waals surface area contributed by atoms with Gasteiger partial charge in [0.15, 0.2) is 0 Å². The molecule has 102 valence electrons. The molecule has 6 heteroatoms. The molecule has 1 fully saturated rings. The average molecular weight is 262 g/mol. The SMILES string of the molecule is Cc1ccc(C(=O)NC2CCCC2/C(N)=N/O)cn1. The van der Waals surface area contributed by atoms with Gasteiger partial charge in [0.1, 0.15) is 5.84 Å². The number of pyridine rings is 1. The number of rotatable bonds is 3. The second kappa shape index (κ2) is 5.69. The van der Waals surface area contributed by atoms with E-state index >= 15 is 0 Å². The van der Waals surface area contributed by atoms with Crippen molar-refractivity contribution in [2.75, 3.05) is 0 Å². The number of hydrogen-bond donors (Lipinski definition) is 3. The molecule has 1 aromatic rings. The van der Waals surface area contributed by atoms with Crippen molar-refractivity contribution >= 4 is 11.7 Å². The zero-order valence-corrected chi connectivity index (χ0v) is 10.8. The summed E-state index contributed by atoms with van der Waals surface area (Å²) in [5.74, 6) is -0.0765. The number of carbonyl (C=O) groups is 1. The zero-order chi connectivity index (χ0) is 13.8. The van der Waals surface area contributed by atoms with E-state index < -0.39 is 0 Å². The molecule has 1 heterocycles. The molecular formula is C13H18N4O2. The highest BCUT2D eigenvalue weighted by Gasteiger charge is 2.31. The van der Waals surface area contributed by atoms with Crippen LogP contribution in [-0.4, -0.2) is 28.0 Å². The molecule has 0 aliphatic heterocycles. The topological polar surface area (TPSA) is 101 Å². The Labute approximate surface area is 111 Å². The Morgan fingerprint density at radius 2 is 2.32 bits per heavy atom. The molecule has 1 aromatic heterocycles. The van der Waals surface area contributed by atoms with Gasteiger partial charge in [-0.1, -0.05) is 11.6 Å². The fraction of sp³-hybridized carbons (Fsp3) is 0.462. The van der Waals surface area contributed by atoms with Gasteiger partial charge < -0.3 is 16.3 Å².